The van der Waals surface area contributed by atoms with E-state index >= 15 is 0 Å². The van der Waals surface area contributed by atoms with Gasteiger partial charge in [-0.05, 0) is 25.1 Å². The van der Waals surface area contributed by atoms with E-state index in [0.717, 1.165) is 11.3 Å². The number of methoxy groups -OCH3 is 1. The van der Waals surface area contributed by atoms with Crippen molar-refractivity contribution in [3.63, 3.8) is 0 Å². The van der Waals surface area contributed by atoms with E-state index in [1.165, 1.54) is 6.33 Å². The number of aromatic nitrogens is 4. The molecular weight excluding hydrogens is 495 g/mol. The van der Waals surface area contributed by atoms with E-state index in [0.29, 0.717) is 49.0 Å². The van der Waals surface area contributed by atoms with Crippen LogP contribution < -0.4 is 20.1 Å². The molecule has 4 aromatic rings. The van der Waals surface area contributed by atoms with Crippen LogP contribution in [0.3, 0.4) is 0 Å². The van der Waals surface area contributed by atoms with E-state index in [-0.39, 0.29) is 12.5 Å². The molecule has 1 unspecified atom stereocenters. The number of nitrogens with zero attached hydrogens (tertiary/aromatic N) is 4. The Labute approximate surface area is 215 Å². The van der Waals surface area contributed by atoms with Crippen LogP contribution in [0.5, 0.6) is 11.5 Å². The summed E-state index contributed by atoms with van der Waals surface area (Å²) >= 11 is 0. The zero-order valence-electron chi connectivity index (χ0n) is 20.8. The van der Waals surface area contributed by atoms with Crippen molar-refractivity contribution in [1.82, 2.24) is 24.6 Å². The predicted molar refractivity (Wildman–Crippen MR) is 140 cm³/mol. The van der Waals surface area contributed by atoms with Crippen LogP contribution in [0.1, 0.15) is 12.5 Å². The predicted octanol–water partition coefficient (Wildman–Crippen LogP) is 3.86. The van der Waals surface area contributed by atoms with Crippen LogP contribution in [-0.4, -0.2) is 52.2 Å². The molecule has 0 bridgehead atoms. The van der Waals surface area contributed by atoms with Gasteiger partial charge in [-0.1, -0.05) is 36.4 Å². The molecule has 12 heteroatoms. The van der Waals surface area contributed by atoms with E-state index in [4.69, 9.17) is 24.5 Å². The number of hydrogen-bond acceptors (Lipinski definition) is 9. The molecule has 0 amide bonds. The Hall–Kier alpha value is -3.50. The Balaban J connectivity index is 1.33. The highest BCUT2D eigenvalue weighted by molar-refractivity contribution is 7.57. The van der Waals surface area contributed by atoms with Gasteiger partial charge in [-0.25, -0.2) is 20.0 Å². The summed E-state index contributed by atoms with van der Waals surface area (Å²) in [4.78, 5) is 12.5. The van der Waals surface area contributed by atoms with Crippen LogP contribution in [0.4, 0.5) is 5.82 Å². The Morgan fingerprint density at radius 1 is 1.08 bits per heavy atom. The van der Waals surface area contributed by atoms with Crippen LogP contribution in [-0.2, 0) is 27.2 Å². The third-order valence-corrected chi connectivity index (χ3v) is 7.16. The number of rotatable bonds is 14. The number of nitrogens with two attached hydrogens (primary N) is 1. The van der Waals surface area contributed by atoms with Gasteiger partial charge in [0.15, 0.2) is 11.5 Å². The Kier molecular flexibility index (Phi) is 9.08. The van der Waals surface area contributed by atoms with E-state index in [1.807, 2.05) is 54.0 Å². The number of hydrogen-bond donors (Lipinski definition) is 2. The van der Waals surface area contributed by atoms with Crippen LogP contribution in [0, 0.1) is 0 Å². The summed E-state index contributed by atoms with van der Waals surface area (Å²) in [6.07, 6.45) is 2.57. The first kappa shape index (κ1) is 26.6. The van der Waals surface area contributed by atoms with Gasteiger partial charge in [-0.15, -0.1) is 0 Å². The number of fused-ring (bicyclic) bond motifs is 1. The minimum atomic E-state index is -3.42. The lowest BCUT2D eigenvalue weighted by Gasteiger charge is -2.23. The van der Waals surface area contributed by atoms with Crippen molar-refractivity contribution in [2.45, 2.75) is 26.2 Å². The van der Waals surface area contributed by atoms with Crippen molar-refractivity contribution in [3.05, 3.63) is 72.8 Å². The molecular formula is C25H31N6O5P. The Bertz CT molecular complexity index is 1340. The largest absolute Gasteiger partial charge is 0.496 e. The number of ether oxygens (including phenoxy) is 3. The smallest absolute Gasteiger partial charge is 0.342 e. The van der Waals surface area contributed by atoms with Gasteiger partial charge in [0.25, 0.3) is 0 Å². The summed E-state index contributed by atoms with van der Waals surface area (Å²) in [5, 5.41) is 3.01. The fraction of sp³-hybridized carbons (Fsp3) is 0.320. The number of imidazole rings is 1. The van der Waals surface area contributed by atoms with Crippen LogP contribution >= 0.6 is 7.52 Å². The molecule has 0 fully saturated rings. The summed E-state index contributed by atoms with van der Waals surface area (Å²) in [6, 6.07) is 16.6. The molecule has 0 saturated carbocycles. The molecule has 2 atom stereocenters. The van der Waals surface area contributed by atoms with Gasteiger partial charge >= 0.3 is 7.52 Å². The number of nitrogens with one attached hydrogen (secondary N) is 1. The second kappa shape index (κ2) is 12.6. The van der Waals surface area contributed by atoms with Gasteiger partial charge in [-0.2, -0.15) is 0 Å². The molecule has 4 rings (SSSR count). The first-order valence-corrected chi connectivity index (χ1v) is 13.6. The minimum Gasteiger partial charge on any atom is -0.496 e. The summed E-state index contributed by atoms with van der Waals surface area (Å²) in [6.45, 7) is 3.30. The first-order valence-electron chi connectivity index (χ1n) is 11.8. The summed E-state index contributed by atoms with van der Waals surface area (Å²) in [5.41, 5.74) is 7.94. The molecule has 0 aliphatic heterocycles. The number of anilines is 1. The van der Waals surface area contributed by atoms with Gasteiger partial charge in [0, 0.05) is 12.1 Å². The highest BCUT2D eigenvalue weighted by Crippen LogP contribution is 2.43. The number of para-hydroxylation sites is 2. The van der Waals surface area contributed by atoms with Crippen molar-refractivity contribution >= 4 is 24.5 Å². The quantitative estimate of drug-likeness (QED) is 0.184. The van der Waals surface area contributed by atoms with E-state index < -0.39 is 7.52 Å². The van der Waals surface area contributed by atoms with Crippen molar-refractivity contribution < 1.29 is 23.3 Å². The molecule has 2 aromatic heterocycles. The van der Waals surface area contributed by atoms with Crippen molar-refractivity contribution in [1.29, 1.82) is 0 Å². The third-order valence-electron chi connectivity index (χ3n) is 5.46. The molecule has 2 aromatic carbocycles. The Morgan fingerprint density at radius 2 is 1.86 bits per heavy atom. The SMILES string of the molecule is COc1ccccc1COCCNP(=O)(CO[C@H](C)Cn1cnc2c(N)ncnc21)Oc1ccccc1. The first-order chi connectivity index (χ1) is 18.0. The summed E-state index contributed by atoms with van der Waals surface area (Å²) < 4.78 is 38.4. The highest BCUT2D eigenvalue weighted by Gasteiger charge is 2.26. The second-order valence-electron chi connectivity index (χ2n) is 8.28. The molecule has 0 radical (unpaired) electrons. The molecule has 37 heavy (non-hydrogen) atoms. The van der Waals surface area contributed by atoms with Gasteiger partial charge < -0.3 is 29.0 Å². The number of benzene rings is 2. The van der Waals surface area contributed by atoms with Crippen molar-refractivity contribution in [2.75, 3.05) is 32.3 Å². The highest BCUT2D eigenvalue weighted by atomic mass is 31.2. The molecule has 0 spiro atoms. The van der Waals surface area contributed by atoms with E-state index in [9.17, 15) is 4.57 Å². The van der Waals surface area contributed by atoms with Crippen LogP contribution in [0.25, 0.3) is 11.2 Å². The molecule has 3 N–H and O–H groups in total. The molecule has 0 aliphatic carbocycles. The maximum absolute atomic E-state index is 13.7. The van der Waals surface area contributed by atoms with E-state index in [1.54, 1.807) is 25.6 Å². The lowest BCUT2D eigenvalue weighted by atomic mass is 10.2. The molecule has 2 heterocycles. The molecule has 0 saturated heterocycles. The maximum Gasteiger partial charge on any atom is 0.342 e. The van der Waals surface area contributed by atoms with Crippen LogP contribution in [0.15, 0.2) is 67.3 Å². The third kappa shape index (κ3) is 7.27. The van der Waals surface area contributed by atoms with Gasteiger partial charge in [0.1, 0.15) is 29.7 Å². The Morgan fingerprint density at radius 3 is 2.68 bits per heavy atom. The molecule has 0 aliphatic rings. The topological polar surface area (TPSA) is 136 Å². The average Bonchev–Trinajstić information content (AvgIpc) is 3.32. The zero-order valence-corrected chi connectivity index (χ0v) is 21.7. The second-order valence-corrected chi connectivity index (χ2v) is 10.4. The zero-order chi connectivity index (χ0) is 26.1. The molecule has 196 valence electrons. The fourth-order valence-electron chi connectivity index (χ4n) is 3.64. The van der Waals surface area contributed by atoms with Crippen molar-refractivity contribution in [2.24, 2.45) is 0 Å². The number of nitrogen functional groups attached to an aromatic ring is 1. The van der Waals surface area contributed by atoms with E-state index in [2.05, 4.69) is 20.0 Å². The fourth-order valence-corrected chi connectivity index (χ4v) is 5.19. The summed E-state index contributed by atoms with van der Waals surface area (Å²) in [7, 11) is -1.79. The normalized spacial score (nSPS) is 13.8. The monoisotopic (exact) mass is 526 g/mol. The van der Waals surface area contributed by atoms with Crippen LogP contribution in [0.2, 0.25) is 0 Å². The summed E-state index contributed by atoms with van der Waals surface area (Å²) in [5.74, 6) is 1.56. The van der Waals surface area contributed by atoms with Gasteiger partial charge in [0.2, 0.25) is 0 Å². The standard InChI is InChI=1S/C25H31N6O5P/c1-19(14-31-17-29-23-24(26)27-16-28-25(23)31)35-18-37(32,36-21-9-4-3-5-10-21)30-12-13-34-15-20-8-6-7-11-22(20)33-2/h3-11,16-17,19H,12-15,18H2,1-2H3,(H,30,32)(H2,26,27,28)/t19-,37?/m1/s1. The molecule has 11 nitrogen and oxygen atoms in total. The lowest BCUT2D eigenvalue weighted by molar-refractivity contribution is 0.0815. The average molecular weight is 527 g/mol. The lowest BCUT2D eigenvalue weighted by Crippen LogP contribution is -2.25. The van der Waals surface area contributed by atoms with Gasteiger partial charge in [-0.3, -0.25) is 4.57 Å². The minimum absolute atomic E-state index is 0.140. The van der Waals surface area contributed by atoms with Crippen molar-refractivity contribution in [3.8, 4) is 11.5 Å². The maximum atomic E-state index is 13.7. The van der Waals surface area contributed by atoms with Gasteiger partial charge in [0.05, 0.1) is 39.3 Å².